The summed E-state index contributed by atoms with van der Waals surface area (Å²) in [6.45, 7) is 1.32. The second-order valence-electron chi connectivity index (χ2n) is 6.96. The van der Waals surface area contributed by atoms with E-state index in [4.69, 9.17) is 9.47 Å². The SMILES string of the molecule is O=C(/C=C/c1ccc(S(=O)(=O)NC2CC2)cc1)NCc1cccc2c1OCCO2. The van der Waals surface area contributed by atoms with Gasteiger partial charge in [0.15, 0.2) is 11.5 Å². The van der Waals surface area contributed by atoms with E-state index in [-0.39, 0.29) is 16.8 Å². The minimum absolute atomic E-state index is 0.0652. The smallest absolute Gasteiger partial charge is 0.244 e. The summed E-state index contributed by atoms with van der Waals surface area (Å²) in [5.41, 5.74) is 1.58. The van der Waals surface area contributed by atoms with Gasteiger partial charge in [-0.1, -0.05) is 24.3 Å². The van der Waals surface area contributed by atoms with E-state index in [1.54, 1.807) is 18.2 Å². The molecule has 0 aromatic heterocycles. The van der Waals surface area contributed by atoms with E-state index < -0.39 is 10.0 Å². The molecule has 0 radical (unpaired) electrons. The molecule has 1 fully saturated rings. The number of sulfonamides is 1. The Morgan fingerprint density at radius 2 is 1.83 bits per heavy atom. The minimum Gasteiger partial charge on any atom is -0.486 e. The molecule has 1 heterocycles. The van der Waals surface area contributed by atoms with E-state index in [0.29, 0.717) is 31.3 Å². The zero-order valence-corrected chi connectivity index (χ0v) is 16.6. The average molecular weight is 414 g/mol. The van der Waals surface area contributed by atoms with Gasteiger partial charge in [0.1, 0.15) is 13.2 Å². The topological polar surface area (TPSA) is 93.7 Å². The first-order chi connectivity index (χ1) is 14.0. The number of fused-ring (bicyclic) bond motifs is 1. The molecule has 2 aliphatic rings. The Morgan fingerprint density at radius 1 is 1.07 bits per heavy atom. The summed E-state index contributed by atoms with van der Waals surface area (Å²) in [6.07, 6.45) is 4.83. The number of benzene rings is 2. The molecule has 2 aromatic rings. The van der Waals surface area contributed by atoms with Crippen molar-refractivity contribution in [3.05, 3.63) is 59.7 Å². The highest BCUT2D eigenvalue weighted by Gasteiger charge is 2.27. The molecule has 1 aliphatic carbocycles. The summed E-state index contributed by atoms with van der Waals surface area (Å²) in [6, 6.07) is 12.1. The van der Waals surface area contributed by atoms with Crippen LogP contribution in [0.25, 0.3) is 6.08 Å². The van der Waals surface area contributed by atoms with Crippen molar-refractivity contribution in [3.63, 3.8) is 0 Å². The molecular formula is C21H22N2O5S. The number of carbonyl (C=O) groups excluding carboxylic acids is 1. The Morgan fingerprint density at radius 3 is 2.59 bits per heavy atom. The third-order valence-corrected chi connectivity index (χ3v) is 6.15. The van der Waals surface area contributed by atoms with Crippen molar-refractivity contribution < 1.29 is 22.7 Å². The van der Waals surface area contributed by atoms with Gasteiger partial charge in [0.2, 0.25) is 15.9 Å². The summed E-state index contributed by atoms with van der Waals surface area (Å²) in [5, 5.41) is 2.82. The van der Waals surface area contributed by atoms with Crippen LogP contribution in [0.5, 0.6) is 11.5 Å². The summed E-state index contributed by atoms with van der Waals surface area (Å²) in [7, 11) is -3.47. The number of amides is 1. The van der Waals surface area contributed by atoms with Crippen LogP contribution in [0.15, 0.2) is 53.4 Å². The number of hydrogen-bond donors (Lipinski definition) is 2. The molecule has 8 heteroatoms. The van der Waals surface area contributed by atoms with Crippen molar-refractivity contribution in [2.24, 2.45) is 0 Å². The molecule has 29 heavy (non-hydrogen) atoms. The van der Waals surface area contributed by atoms with Crippen molar-refractivity contribution >= 4 is 22.0 Å². The van der Waals surface area contributed by atoms with Crippen LogP contribution in [0.1, 0.15) is 24.0 Å². The molecule has 0 atom stereocenters. The largest absolute Gasteiger partial charge is 0.486 e. The van der Waals surface area contributed by atoms with Crippen LogP contribution < -0.4 is 19.5 Å². The fourth-order valence-electron chi connectivity index (χ4n) is 2.93. The molecule has 1 aliphatic heterocycles. The van der Waals surface area contributed by atoms with Gasteiger partial charge in [-0.25, -0.2) is 13.1 Å². The number of nitrogens with one attached hydrogen (secondary N) is 2. The monoisotopic (exact) mass is 414 g/mol. The number of carbonyl (C=O) groups is 1. The fraction of sp³-hybridized carbons (Fsp3) is 0.286. The lowest BCUT2D eigenvalue weighted by molar-refractivity contribution is -0.116. The van der Waals surface area contributed by atoms with Gasteiger partial charge < -0.3 is 14.8 Å². The Labute approximate surface area is 169 Å². The van der Waals surface area contributed by atoms with E-state index in [1.165, 1.54) is 18.2 Å². The van der Waals surface area contributed by atoms with Crippen molar-refractivity contribution in [2.45, 2.75) is 30.3 Å². The summed E-state index contributed by atoms with van der Waals surface area (Å²) < 4.78 is 38.1. The van der Waals surface area contributed by atoms with Crippen LogP contribution in [-0.2, 0) is 21.4 Å². The number of rotatable bonds is 7. The highest BCUT2D eigenvalue weighted by atomic mass is 32.2. The maximum absolute atomic E-state index is 12.2. The molecular weight excluding hydrogens is 392 g/mol. The lowest BCUT2D eigenvalue weighted by Crippen LogP contribution is -2.25. The first kappa shape index (κ1) is 19.5. The molecule has 4 rings (SSSR count). The summed E-state index contributed by atoms with van der Waals surface area (Å²) in [4.78, 5) is 12.4. The average Bonchev–Trinajstić information content (AvgIpc) is 3.54. The zero-order chi connectivity index (χ0) is 20.3. The van der Waals surface area contributed by atoms with E-state index in [2.05, 4.69) is 10.0 Å². The van der Waals surface area contributed by atoms with Crippen LogP contribution >= 0.6 is 0 Å². The van der Waals surface area contributed by atoms with E-state index in [1.807, 2.05) is 18.2 Å². The van der Waals surface area contributed by atoms with Gasteiger partial charge in [0.25, 0.3) is 0 Å². The molecule has 0 unspecified atom stereocenters. The normalized spacial score (nSPS) is 16.0. The van der Waals surface area contributed by atoms with Gasteiger partial charge in [0.05, 0.1) is 4.90 Å². The van der Waals surface area contributed by atoms with E-state index in [0.717, 1.165) is 24.0 Å². The lowest BCUT2D eigenvalue weighted by atomic mass is 10.1. The Kier molecular flexibility index (Phi) is 5.55. The van der Waals surface area contributed by atoms with Crippen LogP contribution in [0.4, 0.5) is 0 Å². The molecule has 0 spiro atoms. The Balaban J connectivity index is 1.34. The van der Waals surface area contributed by atoms with Crippen LogP contribution in [0.2, 0.25) is 0 Å². The van der Waals surface area contributed by atoms with Gasteiger partial charge in [-0.15, -0.1) is 0 Å². The molecule has 1 amide bonds. The second kappa shape index (κ2) is 8.26. The minimum atomic E-state index is -3.47. The standard InChI is InChI=1S/C21H22N2O5S/c24-20(22-14-16-2-1-3-19-21(16)28-13-12-27-19)11-6-15-4-9-18(10-5-15)29(25,26)23-17-7-8-17/h1-6,9-11,17,23H,7-8,12-14H2,(H,22,24)/b11-6+. The van der Waals surface area contributed by atoms with Crippen molar-refractivity contribution in [1.29, 1.82) is 0 Å². The highest BCUT2D eigenvalue weighted by molar-refractivity contribution is 7.89. The molecule has 2 N–H and O–H groups in total. The maximum atomic E-state index is 12.2. The number of para-hydroxylation sites is 1. The fourth-order valence-corrected chi connectivity index (χ4v) is 4.24. The van der Waals surface area contributed by atoms with Gasteiger partial charge >= 0.3 is 0 Å². The predicted molar refractivity (Wildman–Crippen MR) is 108 cm³/mol. The second-order valence-corrected chi connectivity index (χ2v) is 8.67. The van der Waals surface area contributed by atoms with Crippen molar-refractivity contribution in [3.8, 4) is 11.5 Å². The molecule has 7 nitrogen and oxygen atoms in total. The molecule has 0 saturated heterocycles. The lowest BCUT2D eigenvalue weighted by Gasteiger charge is -2.20. The van der Waals surface area contributed by atoms with Gasteiger partial charge in [0, 0.05) is 24.2 Å². The summed E-state index contributed by atoms with van der Waals surface area (Å²) in [5.74, 6) is 1.09. The molecule has 1 saturated carbocycles. The zero-order valence-electron chi connectivity index (χ0n) is 15.8. The van der Waals surface area contributed by atoms with E-state index in [9.17, 15) is 13.2 Å². The van der Waals surface area contributed by atoms with Crippen LogP contribution in [0, 0.1) is 0 Å². The third kappa shape index (κ3) is 4.96. The first-order valence-electron chi connectivity index (χ1n) is 9.47. The van der Waals surface area contributed by atoms with Crippen LogP contribution in [-0.4, -0.2) is 33.6 Å². The van der Waals surface area contributed by atoms with Crippen molar-refractivity contribution in [2.75, 3.05) is 13.2 Å². The highest BCUT2D eigenvalue weighted by Crippen LogP contribution is 2.33. The molecule has 0 bridgehead atoms. The predicted octanol–water partition coefficient (Wildman–Crippen LogP) is 2.23. The number of hydrogen-bond acceptors (Lipinski definition) is 5. The molecule has 152 valence electrons. The summed E-state index contributed by atoms with van der Waals surface area (Å²) >= 11 is 0. The molecule has 2 aromatic carbocycles. The Hall–Kier alpha value is -2.84. The van der Waals surface area contributed by atoms with Gasteiger partial charge in [-0.3, -0.25) is 4.79 Å². The van der Waals surface area contributed by atoms with Crippen LogP contribution in [0.3, 0.4) is 0 Å². The van der Waals surface area contributed by atoms with E-state index >= 15 is 0 Å². The van der Waals surface area contributed by atoms with Crippen molar-refractivity contribution in [1.82, 2.24) is 10.0 Å². The Bertz CT molecular complexity index is 1030. The third-order valence-electron chi connectivity index (χ3n) is 4.62. The number of ether oxygens (including phenoxy) is 2. The maximum Gasteiger partial charge on any atom is 0.244 e. The quantitative estimate of drug-likeness (QED) is 0.678. The first-order valence-corrected chi connectivity index (χ1v) is 11.0. The van der Waals surface area contributed by atoms with Gasteiger partial charge in [-0.2, -0.15) is 0 Å². The van der Waals surface area contributed by atoms with Gasteiger partial charge in [-0.05, 0) is 42.7 Å².